The smallest absolute Gasteiger partial charge is 0.244 e. The van der Waals surface area contributed by atoms with Crippen LogP contribution in [0.25, 0.3) is 16.6 Å². The Morgan fingerprint density at radius 2 is 1.96 bits per heavy atom. The Bertz CT molecular complexity index is 1030. The van der Waals surface area contributed by atoms with Gasteiger partial charge in [-0.15, -0.1) is 11.3 Å². The van der Waals surface area contributed by atoms with Crippen molar-refractivity contribution < 1.29 is 14.3 Å². The van der Waals surface area contributed by atoms with E-state index < -0.39 is 0 Å². The number of fused-ring (bicyclic) bond motifs is 1. The van der Waals surface area contributed by atoms with Gasteiger partial charge in [0.15, 0.2) is 11.5 Å². The molecule has 1 atom stereocenters. The lowest BCUT2D eigenvalue weighted by Gasteiger charge is -2.11. The van der Waals surface area contributed by atoms with Gasteiger partial charge >= 0.3 is 0 Å². The summed E-state index contributed by atoms with van der Waals surface area (Å²) in [5.41, 5.74) is 2.91. The molecule has 0 saturated heterocycles. The first-order chi connectivity index (χ1) is 13.6. The van der Waals surface area contributed by atoms with Crippen molar-refractivity contribution in [2.75, 3.05) is 6.79 Å². The quantitative estimate of drug-likeness (QED) is 0.637. The summed E-state index contributed by atoms with van der Waals surface area (Å²) in [5, 5.41) is 3.98. The summed E-state index contributed by atoms with van der Waals surface area (Å²) in [6, 6.07) is 15.5. The normalized spacial score (nSPS) is 13.6. The number of benzene rings is 2. The summed E-state index contributed by atoms with van der Waals surface area (Å²) in [7, 11) is 0. The molecule has 6 heteroatoms. The maximum atomic E-state index is 12.4. The van der Waals surface area contributed by atoms with Crippen LogP contribution in [0.4, 0.5) is 0 Å². The van der Waals surface area contributed by atoms with E-state index >= 15 is 0 Å². The topological polar surface area (TPSA) is 60.5 Å². The Morgan fingerprint density at radius 3 is 2.79 bits per heavy atom. The number of carbonyl (C=O) groups excluding carboxylic acids is 1. The first-order valence-corrected chi connectivity index (χ1v) is 9.83. The van der Waals surface area contributed by atoms with Gasteiger partial charge in [-0.3, -0.25) is 4.79 Å². The van der Waals surface area contributed by atoms with Crippen LogP contribution in [0.1, 0.15) is 29.1 Å². The third-order valence-corrected chi connectivity index (χ3v) is 5.82. The number of nitrogens with one attached hydrogen (secondary N) is 1. The molecule has 2 heterocycles. The highest BCUT2D eigenvalue weighted by molar-refractivity contribution is 7.15. The molecule has 0 saturated carbocycles. The third kappa shape index (κ3) is 3.92. The van der Waals surface area contributed by atoms with Crippen molar-refractivity contribution in [2.24, 2.45) is 0 Å². The van der Waals surface area contributed by atoms with Crippen LogP contribution in [-0.2, 0) is 4.79 Å². The SMILES string of the molecule is Cc1nc(-c2ccccc2)sc1C(C)NC(=O)C=Cc1ccc2c(c1)OCO2. The fraction of sp³-hybridized carbons (Fsp3) is 0.182. The van der Waals surface area contributed by atoms with Crippen LogP contribution in [0.5, 0.6) is 11.5 Å². The Hall–Kier alpha value is -3.12. The predicted molar refractivity (Wildman–Crippen MR) is 110 cm³/mol. The predicted octanol–water partition coefficient (Wildman–Crippen LogP) is 4.74. The zero-order valence-electron chi connectivity index (χ0n) is 15.6. The molecule has 3 aromatic rings. The lowest BCUT2D eigenvalue weighted by Crippen LogP contribution is -2.24. The van der Waals surface area contributed by atoms with E-state index in [4.69, 9.17) is 9.47 Å². The van der Waals surface area contributed by atoms with Crippen LogP contribution >= 0.6 is 11.3 Å². The van der Waals surface area contributed by atoms with Crippen molar-refractivity contribution in [3.05, 3.63) is 70.7 Å². The van der Waals surface area contributed by atoms with Crippen LogP contribution in [0, 0.1) is 6.92 Å². The fourth-order valence-corrected chi connectivity index (χ4v) is 4.10. The molecule has 0 aliphatic carbocycles. The van der Waals surface area contributed by atoms with Gasteiger partial charge in [0.2, 0.25) is 12.7 Å². The Morgan fingerprint density at radius 1 is 1.18 bits per heavy atom. The molecule has 1 amide bonds. The first kappa shape index (κ1) is 18.3. The minimum Gasteiger partial charge on any atom is -0.454 e. The second-order valence-electron chi connectivity index (χ2n) is 6.51. The van der Waals surface area contributed by atoms with Gasteiger partial charge in [-0.25, -0.2) is 4.98 Å². The third-order valence-electron chi connectivity index (χ3n) is 4.43. The van der Waals surface area contributed by atoms with E-state index in [9.17, 15) is 4.79 Å². The Kier molecular flexibility index (Phi) is 5.12. The van der Waals surface area contributed by atoms with Crippen molar-refractivity contribution in [3.63, 3.8) is 0 Å². The van der Waals surface area contributed by atoms with E-state index in [1.54, 1.807) is 17.4 Å². The molecule has 1 aliphatic heterocycles. The number of rotatable bonds is 5. The number of carbonyl (C=O) groups is 1. The standard InChI is InChI=1S/C22H20N2O3S/c1-14(21-15(2)24-22(28-21)17-6-4-3-5-7-17)23-20(25)11-9-16-8-10-18-19(12-16)27-13-26-18/h3-12,14H,13H2,1-2H3,(H,23,25). The van der Waals surface area contributed by atoms with Crippen molar-refractivity contribution in [2.45, 2.75) is 19.9 Å². The van der Waals surface area contributed by atoms with Crippen LogP contribution in [0.15, 0.2) is 54.6 Å². The summed E-state index contributed by atoms with van der Waals surface area (Å²) in [4.78, 5) is 18.1. The highest BCUT2D eigenvalue weighted by Crippen LogP contribution is 2.33. The van der Waals surface area contributed by atoms with E-state index in [1.807, 2.05) is 62.4 Å². The summed E-state index contributed by atoms with van der Waals surface area (Å²) in [6.45, 7) is 4.19. The van der Waals surface area contributed by atoms with Gasteiger partial charge in [0.05, 0.1) is 16.6 Å². The molecule has 2 aromatic carbocycles. The van der Waals surface area contributed by atoms with Gasteiger partial charge in [0, 0.05) is 11.6 Å². The monoisotopic (exact) mass is 392 g/mol. The van der Waals surface area contributed by atoms with Crippen molar-refractivity contribution in [3.8, 4) is 22.1 Å². The van der Waals surface area contributed by atoms with E-state index in [0.717, 1.165) is 32.5 Å². The van der Waals surface area contributed by atoms with Gasteiger partial charge in [0.25, 0.3) is 0 Å². The van der Waals surface area contributed by atoms with Crippen molar-refractivity contribution in [1.29, 1.82) is 0 Å². The van der Waals surface area contributed by atoms with E-state index in [2.05, 4.69) is 10.3 Å². The number of aromatic nitrogens is 1. The lowest BCUT2D eigenvalue weighted by atomic mass is 10.2. The molecule has 0 bridgehead atoms. The molecular formula is C22H20N2O3S. The number of nitrogens with zero attached hydrogens (tertiary/aromatic N) is 1. The van der Waals surface area contributed by atoms with E-state index in [1.165, 1.54) is 6.08 Å². The van der Waals surface area contributed by atoms with E-state index in [-0.39, 0.29) is 18.7 Å². The highest BCUT2D eigenvalue weighted by atomic mass is 32.1. The maximum absolute atomic E-state index is 12.4. The van der Waals surface area contributed by atoms with Crippen LogP contribution in [0.2, 0.25) is 0 Å². The van der Waals surface area contributed by atoms with Gasteiger partial charge in [-0.1, -0.05) is 36.4 Å². The van der Waals surface area contributed by atoms with Gasteiger partial charge in [-0.2, -0.15) is 0 Å². The maximum Gasteiger partial charge on any atom is 0.244 e. The molecular weight excluding hydrogens is 372 g/mol. The first-order valence-electron chi connectivity index (χ1n) is 9.01. The zero-order valence-corrected chi connectivity index (χ0v) is 16.5. The number of amides is 1. The molecule has 4 rings (SSSR count). The van der Waals surface area contributed by atoms with Crippen molar-refractivity contribution in [1.82, 2.24) is 10.3 Å². The number of hydrogen-bond donors (Lipinski definition) is 1. The highest BCUT2D eigenvalue weighted by Gasteiger charge is 2.16. The molecule has 142 valence electrons. The fourth-order valence-electron chi connectivity index (χ4n) is 3.03. The summed E-state index contributed by atoms with van der Waals surface area (Å²) >= 11 is 1.61. The zero-order chi connectivity index (χ0) is 19.5. The number of hydrogen-bond acceptors (Lipinski definition) is 5. The lowest BCUT2D eigenvalue weighted by molar-refractivity contribution is -0.117. The van der Waals surface area contributed by atoms with Gasteiger partial charge in [-0.05, 0) is 37.6 Å². The molecule has 5 nitrogen and oxygen atoms in total. The summed E-state index contributed by atoms with van der Waals surface area (Å²) in [5.74, 6) is 1.27. The van der Waals surface area contributed by atoms with Crippen molar-refractivity contribution >= 4 is 23.3 Å². The molecule has 0 spiro atoms. The largest absolute Gasteiger partial charge is 0.454 e. The Labute approximate surface area is 167 Å². The second kappa shape index (κ2) is 7.86. The molecule has 1 aromatic heterocycles. The van der Waals surface area contributed by atoms with Crippen LogP contribution in [0.3, 0.4) is 0 Å². The second-order valence-corrected chi connectivity index (χ2v) is 7.54. The average Bonchev–Trinajstić information content (AvgIpc) is 3.33. The molecule has 28 heavy (non-hydrogen) atoms. The average molecular weight is 392 g/mol. The van der Waals surface area contributed by atoms with Gasteiger partial charge in [0.1, 0.15) is 5.01 Å². The number of ether oxygens (including phenoxy) is 2. The summed E-state index contributed by atoms with van der Waals surface area (Å²) in [6.07, 6.45) is 3.29. The summed E-state index contributed by atoms with van der Waals surface area (Å²) < 4.78 is 10.7. The van der Waals surface area contributed by atoms with Crippen LogP contribution < -0.4 is 14.8 Å². The number of thiazole rings is 1. The molecule has 1 aliphatic rings. The molecule has 1 unspecified atom stereocenters. The Balaban J connectivity index is 1.43. The number of aryl methyl sites for hydroxylation is 1. The molecule has 0 fully saturated rings. The minimum absolute atomic E-state index is 0.121. The van der Waals surface area contributed by atoms with Gasteiger partial charge < -0.3 is 14.8 Å². The van der Waals surface area contributed by atoms with Crippen LogP contribution in [-0.4, -0.2) is 17.7 Å². The molecule has 1 N–H and O–H groups in total. The van der Waals surface area contributed by atoms with E-state index in [0.29, 0.717) is 5.75 Å². The minimum atomic E-state index is -0.153. The molecule has 0 radical (unpaired) electrons.